The molecule has 0 saturated carbocycles. The first-order valence-electron chi connectivity index (χ1n) is 9.52. The molecule has 3 rings (SSSR count). The fourth-order valence-corrected chi connectivity index (χ4v) is 3.62. The van der Waals surface area contributed by atoms with Crippen LogP contribution in [0.5, 0.6) is 0 Å². The van der Waals surface area contributed by atoms with Gasteiger partial charge in [-0.05, 0) is 37.3 Å². The molecule has 0 fully saturated rings. The molecule has 8 nitrogen and oxygen atoms in total. The van der Waals surface area contributed by atoms with Gasteiger partial charge >= 0.3 is 0 Å². The first-order valence-corrected chi connectivity index (χ1v) is 11.3. The Labute approximate surface area is 198 Å². The predicted molar refractivity (Wildman–Crippen MR) is 128 cm³/mol. The molecule has 2 amide bonds. The highest BCUT2D eigenvalue weighted by molar-refractivity contribution is 7.99. The van der Waals surface area contributed by atoms with Gasteiger partial charge in [0.2, 0.25) is 11.8 Å². The van der Waals surface area contributed by atoms with Gasteiger partial charge in [-0.15, -0.1) is 10.2 Å². The number of aromatic nitrogens is 3. The summed E-state index contributed by atoms with van der Waals surface area (Å²) in [6.45, 7) is 3.60. The number of carbonyl (C=O) groups is 2. The molecule has 2 aromatic carbocycles. The number of benzene rings is 2. The molecule has 0 radical (unpaired) electrons. The molecule has 0 bridgehead atoms. The van der Waals surface area contributed by atoms with Crippen LogP contribution in [0.1, 0.15) is 18.9 Å². The van der Waals surface area contributed by atoms with Crippen LogP contribution in [-0.2, 0) is 9.59 Å². The van der Waals surface area contributed by atoms with E-state index in [4.69, 9.17) is 23.2 Å². The third kappa shape index (κ3) is 6.09. The van der Waals surface area contributed by atoms with E-state index in [-0.39, 0.29) is 28.4 Å². The Morgan fingerprint density at radius 2 is 1.78 bits per heavy atom. The van der Waals surface area contributed by atoms with E-state index < -0.39 is 5.56 Å². The van der Waals surface area contributed by atoms with E-state index in [1.54, 1.807) is 37.3 Å². The minimum absolute atomic E-state index is 0.0327. The number of rotatable bonds is 7. The van der Waals surface area contributed by atoms with Gasteiger partial charge in [-0.1, -0.05) is 53.5 Å². The molecule has 1 aromatic heterocycles. The third-order valence-corrected chi connectivity index (χ3v) is 5.67. The van der Waals surface area contributed by atoms with E-state index in [1.807, 2.05) is 13.0 Å². The van der Waals surface area contributed by atoms with E-state index in [0.29, 0.717) is 33.4 Å². The van der Waals surface area contributed by atoms with Crippen molar-refractivity contribution >= 4 is 58.2 Å². The van der Waals surface area contributed by atoms with Crippen molar-refractivity contribution in [2.45, 2.75) is 25.4 Å². The highest BCUT2D eigenvalue weighted by Gasteiger charge is 2.15. The van der Waals surface area contributed by atoms with E-state index in [2.05, 4.69) is 25.8 Å². The van der Waals surface area contributed by atoms with E-state index in [9.17, 15) is 14.4 Å². The first kappa shape index (κ1) is 23.8. The van der Waals surface area contributed by atoms with Gasteiger partial charge in [-0.25, -0.2) is 0 Å². The molecule has 3 aromatic rings. The quantitative estimate of drug-likeness (QED) is 0.418. The van der Waals surface area contributed by atoms with Gasteiger partial charge in [-0.2, -0.15) is 0 Å². The Hall–Kier alpha value is -2.88. The lowest BCUT2D eigenvalue weighted by Crippen LogP contribution is -2.18. The van der Waals surface area contributed by atoms with Crippen molar-refractivity contribution in [1.82, 2.24) is 15.2 Å². The fourth-order valence-electron chi connectivity index (χ4n) is 2.68. The predicted octanol–water partition coefficient (Wildman–Crippen LogP) is 4.53. The highest BCUT2D eigenvalue weighted by Crippen LogP contribution is 2.27. The van der Waals surface area contributed by atoms with Gasteiger partial charge in [0.05, 0.1) is 22.2 Å². The number of halogens is 2. The molecule has 0 aliphatic rings. The van der Waals surface area contributed by atoms with Crippen LogP contribution in [0.25, 0.3) is 11.3 Å². The monoisotopic (exact) mass is 491 g/mol. The smallest absolute Gasteiger partial charge is 0.278 e. The van der Waals surface area contributed by atoms with Crippen molar-refractivity contribution in [1.29, 1.82) is 0 Å². The maximum atomic E-state index is 12.7. The first-order chi connectivity index (χ1) is 15.3. The number of anilines is 2. The summed E-state index contributed by atoms with van der Waals surface area (Å²) in [5.74, 6) is -0.568. The number of aromatic amines is 1. The van der Waals surface area contributed by atoms with Gasteiger partial charge in [0, 0.05) is 17.0 Å². The Kier molecular flexibility index (Phi) is 7.89. The second-order valence-corrected chi connectivity index (χ2v) is 8.53. The zero-order valence-corrected chi connectivity index (χ0v) is 19.5. The molecule has 0 aliphatic heterocycles. The van der Waals surface area contributed by atoms with Crippen LogP contribution in [0.15, 0.2) is 46.3 Å². The van der Waals surface area contributed by atoms with E-state index in [0.717, 1.165) is 17.3 Å². The second kappa shape index (κ2) is 10.6. The average molecular weight is 492 g/mol. The zero-order chi connectivity index (χ0) is 23.3. The molecule has 1 heterocycles. The van der Waals surface area contributed by atoms with Crippen LogP contribution in [0.3, 0.4) is 0 Å². The standard InChI is InChI=1S/C21H19Cl2N5O3S/c1-3-17(29)24-15-7-4-11(2)8-13(15)19-20(31)26-21(28-27-19)32-10-18(30)25-16-9-12(22)5-6-14(16)23/h4-9H,3,10H2,1-2H3,(H,24,29)(H,25,30)(H,26,28,31). The number of nitrogens with one attached hydrogen (secondary N) is 3. The molecule has 11 heteroatoms. The topological polar surface area (TPSA) is 117 Å². The summed E-state index contributed by atoms with van der Waals surface area (Å²) in [6, 6.07) is 10.0. The molecule has 166 valence electrons. The number of nitrogens with zero attached hydrogens (tertiary/aromatic N) is 2. The zero-order valence-electron chi connectivity index (χ0n) is 17.2. The lowest BCUT2D eigenvalue weighted by molar-refractivity contribution is -0.116. The van der Waals surface area contributed by atoms with Crippen molar-refractivity contribution in [3.05, 3.63) is 62.4 Å². The molecule has 32 heavy (non-hydrogen) atoms. The number of aryl methyl sites for hydroxylation is 1. The van der Waals surface area contributed by atoms with Gasteiger partial charge in [0.15, 0.2) is 10.9 Å². The fraction of sp³-hybridized carbons (Fsp3) is 0.190. The number of carbonyl (C=O) groups excluding carboxylic acids is 2. The van der Waals surface area contributed by atoms with Crippen LogP contribution in [0.4, 0.5) is 11.4 Å². The Morgan fingerprint density at radius 3 is 2.50 bits per heavy atom. The maximum absolute atomic E-state index is 12.7. The number of H-pyrrole nitrogens is 1. The van der Waals surface area contributed by atoms with Crippen LogP contribution >= 0.6 is 35.0 Å². The molecule has 0 atom stereocenters. The van der Waals surface area contributed by atoms with Crippen LogP contribution < -0.4 is 16.2 Å². The molecular weight excluding hydrogens is 473 g/mol. The van der Waals surface area contributed by atoms with Gasteiger partial charge < -0.3 is 10.6 Å². The summed E-state index contributed by atoms with van der Waals surface area (Å²) in [5.41, 5.74) is 1.80. The minimum Gasteiger partial charge on any atom is -0.325 e. The van der Waals surface area contributed by atoms with Gasteiger partial charge in [0.1, 0.15) is 0 Å². The number of amides is 2. The summed E-state index contributed by atoms with van der Waals surface area (Å²) in [4.78, 5) is 39.3. The Bertz CT molecular complexity index is 1230. The molecule has 0 unspecified atom stereocenters. The lowest BCUT2D eigenvalue weighted by Gasteiger charge is -2.11. The van der Waals surface area contributed by atoms with E-state index >= 15 is 0 Å². The summed E-state index contributed by atoms with van der Waals surface area (Å²) in [6.07, 6.45) is 0.299. The summed E-state index contributed by atoms with van der Waals surface area (Å²) >= 11 is 13.0. The second-order valence-electron chi connectivity index (χ2n) is 6.72. The number of thioether (sulfide) groups is 1. The minimum atomic E-state index is -0.488. The van der Waals surface area contributed by atoms with Crippen LogP contribution in [0, 0.1) is 6.92 Å². The van der Waals surface area contributed by atoms with Crippen LogP contribution in [0.2, 0.25) is 10.0 Å². The summed E-state index contributed by atoms with van der Waals surface area (Å²) in [5, 5.41) is 14.4. The molecule has 0 aliphatic carbocycles. The van der Waals surface area contributed by atoms with Crippen molar-refractivity contribution in [2.75, 3.05) is 16.4 Å². The van der Waals surface area contributed by atoms with Gasteiger partial charge in [-0.3, -0.25) is 19.4 Å². The molecular formula is C21H19Cl2N5O3S. The molecule has 0 saturated heterocycles. The van der Waals surface area contributed by atoms with Gasteiger partial charge in [0.25, 0.3) is 5.56 Å². The summed E-state index contributed by atoms with van der Waals surface area (Å²) < 4.78 is 0. The van der Waals surface area contributed by atoms with Crippen molar-refractivity contribution in [3.8, 4) is 11.3 Å². The van der Waals surface area contributed by atoms with Crippen molar-refractivity contribution in [3.63, 3.8) is 0 Å². The maximum Gasteiger partial charge on any atom is 0.278 e. The Balaban J connectivity index is 1.74. The van der Waals surface area contributed by atoms with Crippen molar-refractivity contribution in [2.24, 2.45) is 0 Å². The van der Waals surface area contributed by atoms with Crippen molar-refractivity contribution < 1.29 is 9.59 Å². The summed E-state index contributed by atoms with van der Waals surface area (Å²) in [7, 11) is 0. The average Bonchev–Trinajstić information content (AvgIpc) is 2.76. The normalized spacial score (nSPS) is 10.6. The van der Waals surface area contributed by atoms with E-state index in [1.165, 1.54) is 0 Å². The highest BCUT2D eigenvalue weighted by atomic mass is 35.5. The molecule has 3 N–H and O–H groups in total. The number of hydrogen-bond donors (Lipinski definition) is 3. The third-order valence-electron chi connectivity index (χ3n) is 4.24. The largest absolute Gasteiger partial charge is 0.325 e. The number of hydrogen-bond acceptors (Lipinski definition) is 6. The van der Waals surface area contributed by atoms with Crippen LogP contribution in [-0.4, -0.2) is 32.7 Å². The lowest BCUT2D eigenvalue weighted by atomic mass is 10.1. The molecule has 0 spiro atoms. The SMILES string of the molecule is CCC(=O)Nc1ccc(C)cc1-c1nnc(SCC(=O)Nc2cc(Cl)ccc2Cl)[nH]c1=O. The Morgan fingerprint density at radius 1 is 1.03 bits per heavy atom.